The number of aryl methyl sites for hydroxylation is 1. The number of aromatic amines is 1. The molecule has 0 bridgehead atoms. The van der Waals surface area contributed by atoms with Crippen molar-refractivity contribution in [3.8, 4) is 0 Å². The molecule has 0 aliphatic heterocycles. The zero-order valence-corrected chi connectivity index (χ0v) is 7.01. The zero-order chi connectivity index (χ0) is 8.39. The molecule has 2 nitrogen and oxygen atoms in total. The number of aromatic nitrogens is 1. The smallest absolute Gasteiger partial charge is 0.0472 e. The molecule has 0 atom stereocenters. The molecule has 1 heterocycles. The van der Waals surface area contributed by atoms with Crippen LogP contribution in [0.15, 0.2) is 12.3 Å². The van der Waals surface area contributed by atoms with Gasteiger partial charge in [-0.1, -0.05) is 12.2 Å². The summed E-state index contributed by atoms with van der Waals surface area (Å²) in [7, 11) is 0. The van der Waals surface area contributed by atoms with E-state index < -0.39 is 0 Å². The Hall–Kier alpha value is -1.02. The Balaban J connectivity index is 2.34. The third-order valence-corrected chi connectivity index (χ3v) is 2.32. The maximum atomic E-state index is 8.80. The highest BCUT2D eigenvalue weighted by Crippen LogP contribution is 2.22. The molecular formula is C10H13NO. The minimum Gasteiger partial charge on any atom is -0.396 e. The van der Waals surface area contributed by atoms with E-state index >= 15 is 0 Å². The summed E-state index contributed by atoms with van der Waals surface area (Å²) >= 11 is 0. The van der Waals surface area contributed by atoms with Crippen LogP contribution in [0.2, 0.25) is 0 Å². The first-order valence-electron chi connectivity index (χ1n) is 4.38. The van der Waals surface area contributed by atoms with E-state index in [2.05, 4.69) is 17.1 Å². The molecule has 1 aromatic rings. The molecule has 12 heavy (non-hydrogen) atoms. The summed E-state index contributed by atoms with van der Waals surface area (Å²) in [5.41, 5.74) is 3.86. The van der Waals surface area contributed by atoms with E-state index in [0.717, 1.165) is 19.3 Å². The van der Waals surface area contributed by atoms with Crippen LogP contribution in [0.4, 0.5) is 0 Å². The Bertz CT molecular complexity index is 299. The minimum atomic E-state index is 0.234. The molecule has 1 aromatic heterocycles. The first kappa shape index (κ1) is 7.62. The van der Waals surface area contributed by atoms with E-state index in [-0.39, 0.29) is 6.61 Å². The van der Waals surface area contributed by atoms with Crippen molar-refractivity contribution in [3.05, 3.63) is 29.1 Å². The van der Waals surface area contributed by atoms with Gasteiger partial charge in [0.15, 0.2) is 0 Å². The van der Waals surface area contributed by atoms with Gasteiger partial charge in [-0.15, -0.1) is 0 Å². The highest BCUT2D eigenvalue weighted by Gasteiger charge is 2.09. The van der Waals surface area contributed by atoms with Crippen molar-refractivity contribution in [1.82, 2.24) is 4.98 Å². The van der Waals surface area contributed by atoms with Gasteiger partial charge in [0.2, 0.25) is 0 Å². The van der Waals surface area contributed by atoms with Crippen molar-refractivity contribution >= 4 is 6.08 Å². The number of H-pyrrole nitrogens is 1. The van der Waals surface area contributed by atoms with Gasteiger partial charge < -0.3 is 10.1 Å². The summed E-state index contributed by atoms with van der Waals surface area (Å²) in [5, 5.41) is 8.80. The van der Waals surface area contributed by atoms with Gasteiger partial charge in [0.1, 0.15) is 0 Å². The number of aliphatic hydroxyl groups excluding tert-OH is 1. The van der Waals surface area contributed by atoms with Crippen LogP contribution in [-0.4, -0.2) is 16.7 Å². The predicted octanol–water partition coefficient (Wildman–Crippen LogP) is 1.51. The lowest BCUT2D eigenvalue weighted by Crippen LogP contribution is -1.95. The molecule has 0 amide bonds. The van der Waals surface area contributed by atoms with Crippen LogP contribution in [0.5, 0.6) is 0 Å². The van der Waals surface area contributed by atoms with Crippen LogP contribution in [0.1, 0.15) is 23.2 Å². The molecular weight excluding hydrogens is 150 g/mol. The Morgan fingerprint density at radius 1 is 1.50 bits per heavy atom. The molecule has 2 N–H and O–H groups in total. The average molecular weight is 163 g/mol. The third-order valence-electron chi connectivity index (χ3n) is 2.32. The number of rotatable bonds is 2. The van der Waals surface area contributed by atoms with Crippen molar-refractivity contribution < 1.29 is 5.11 Å². The van der Waals surface area contributed by atoms with E-state index in [9.17, 15) is 0 Å². The molecule has 0 aromatic carbocycles. The predicted molar refractivity (Wildman–Crippen MR) is 48.9 cm³/mol. The summed E-state index contributed by atoms with van der Waals surface area (Å²) in [6.45, 7) is 0.234. The highest BCUT2D eigenvalue weighted by atomic mass is 16.2. The molecule has 1 aliphatic rings. The maximum absolute atomic E-state index is 8.80. The second kappa shape index (κ2) is 3.15. The second-order valence-electron chi connectivity index (χ2n) is 3.12. The molecule has 0 radical (unpaired) electrons. The van der Waals surface area contributed by atoms with E-state index in [1.165, 1.54) is 16.8 Å². The standard InChI is InChI=1S/C10H13NO/c12-6-5-8-7-11-10-4-2-1-3-9(8)10/h1,3,7,11-12H,2,4-6H2. The lowest BCUT2D eigenvalue weighted by molar-refractivity contribution is 0.299. The third kappa shape index (κ3) is 1.18. The summed E-state index contributed by atoms with van der Waals surface area (Å²) in [4.78, 5) is 3.25. The number of fused-ring (bicyclic) bond motifs is 1. The minimum absolute atomic E-state index is 0.234. The summed E-state index contributed by atoms with van der Waals surface area (Å²) in [5.74, 6) is 0. The van der Waals surface area contributed by atoms with Crippen LogP contribution in [0, 0.1) is 0 Å². The molecule has 64 valence electrons. The molecule has 0 saturated carbocycles. The fourth-order valence-electron chi connectivity index (χ4n) is 1.69. The number of nitrogens with one attached hydrogen (secondary N) is 1. The average Bonchev–Trinajstić information content (AvgIpc) is 2.50. The number of hydrogen-bond acceptors (Lipinski definition) is 1. The van der Waals surface area contributed by atoms with Gasteiger partial charge >= 0.3 is 0 Å². The molecule has 1 aliphatic carbocycles. The molecule has 0 fully saturated rings. The summed E-state index contributed by atoms with van der Waals surface area (Å²) in [6.07, 6.45) is 9.35. The van der Waals surface area contributed by atoms with Crippen LogP contribution in [0.3, 0.4) is 0 Å². The van der Waals surface area contributed by atoms with Crippen molar-refractivity contribution in [1.29, 1.82) is 0 Å². The van der Waals surface area contributed by atoms with E-state index in [4.69, 9.17) is 5.11 Å². The molecule has 0 unspecified atom stereocenters. The fraction of sp³-hybridized carbons (Fsp3) is 0.400. The first-order chi connectivity index (χ1) is 5.92. The topological polar surface area (TPSA) is 36.0 Å². The second-order valence-corrected chi connectivity index (χ2v) is 3.12. The quantitative estimate of drug-likeness (QED) is 0.681. The zero-order valence-electron chi connectivity index (χ0n) is 7.01. The summed E-state index contributed by atoms with van der Waals surface area (Å²) < 4.78 is 0. The largest absolute Gasteiger partial charge is 0.396 e. The van der Waals surface area contributed by atoms with Gasteiger partial charge in [-0.2, -0.15) is 0 Å². The van der Waals surface area contributed by atoms with Crippen molar-refractivity contribution in [2.45, 2.75) is 19.3 Å². The van der Waals surface area contributed by atoms with Gasteiger partial charge in [0, 0.05) is 18.5 Å². The lowest BCUT2D eigenvalue weighted by Gasteiger charge is -2.05. The fourth-order valence-corrected chi connectivity index (χ4v) is 1.69. The molecule has 0 saturated heterocycles. The monoisotopic (exact) mass is 163 g/mol. The van der Waals surface area contributed by atoms with Crippen molar-refractivity contribution in [2.75, 3.05) is 6.61 Å². The molecule has 2 heteroatoms. The van der Waals surface area contributed by atoms with Gasteiger partial charge in [0.05, 0.1) is 0 Å². The summed E-state index contributed by atoms with van der Waals surface area (Å²) in [6, 6.07) is 0. The van der Waals surface area contributed by atoms with Crippen LogP contribution in [0.25, 0.3) is 6.08 Å². The lowest BCUT2D eigenvalue weighted by atomic mass is 10.0. The number of allylic oxidation sites excluding steroid dienone is 1. The number of hydrogen-bond donors (Lipinski definition) is 2. The Morgan fingerprint density at radius 2 is 2.42 bits per heavy atom. The van der Waals surface area contributed by atoms with Crippen molar-refractivity contribution in [2.24, 2.45) is 0 Å². The Labute approximate surface area is 71.9 Å². The van der Waals surface area contributed by atoms with Crippen LogP contribution < -0.4 is 0 Å². The van der Waals surface area contributed by atoms with E-state index in [0.29, 0.717) is 0 Å². The number of aliphatic hydroxyl groups is 1. The highest BCUT2D eigenvalue weighted by molar-refractivity contribution is 5.58. The molecule has 2 rings (SSSR count). The van der Waals surface area contributed by atoms with Gasteiger partial charge in [0.25, 0.3) is 0 Å². The normalized spacial score (nSPS) is 14.8. The first-order valence-corrected chi connectivity index (χ1v) is 4.38. The van der Waals surface area contributed by atoms with Crippen LogP contribution >= 0.6 is 0 Å². The SMILES string of the molecule is OCCc1c[nH]c2c1C=CCC2. The molecule has 0 spiro atoms. The van der Waals surface area contributed by atoms with Crippen LogP contribution in [-0.2, 0) is 12.8 Å². The van der Waals surface area contributed by atoms with Crippen molar-refractivity contribution in [3.63, 3.8) is 0 Å². The maximum Gasteiger partial charge on any atom is 0.0472 e. The Morgan fingerprint density at radius 3 is 3.25 bits per heavy atom. The van der Waals surface area contributed by atoms with E-state index in [1.54, 1.807) is 0 Å². The van der Waals surface area contributed by atoms with Gasteiger partial charge in [-0.05, 0) is 30.4 Å². The van der Waals surface area contributed by atoms with Gasteiger partial charge in [-0.25, -0.2) is 0 Å². The van der Waals surface area contributed by atoms with Gasteiger partial charge in [-0.3, -0.25) is 0 Å². The van der Waals surface area contributed by atoms with E-state index in [1.807, 2.05) is 6.20 Å². The Kier molecular flexibility index (Phi) is 2.00.